The van der Waals surface area contributed by atoms with Crippen LogP contribution in [-0.4, -0.2) is 24.3 Å². The van der Waals surface area contributed by atoms with Crippen LogP contribution in [0, 0.1) is 0 Å². The molecule has 0 amide bonds. The molecule has 0 atom stereocenters. The van der Waals surface area contributed by atoms with Gasteiger partial charge in [0.25, 0.3) is 10.0 Å². The van der Waals surface area contributed by atoms with E-state index in [2.05, 4.69) is 25.9 Å². The van der Waals surface area contributed by atoms with Crippen LogP contribution in [0.5, 0.6) is 11.5 Å². The van der Waals surface area contributed by atoms with Crippen LogP contribution in [0.15, 0.2) is 56.9 Å². The summed E-state index contributed by atoms with van der Waals surface area (Å²) in [5.74, 6) is -0.224. The van der Waals surface area contributed by atoms with Gasteiger partial charge in [-0.05, 0) is 47.1 Å². The van der Waals surface area contributed by atoms with Crippen LogP contribution in [0.25, 0.3) is 0 Å². The second-order valence-electron chi connectivity index (χ2n) is 4.43. The van der Waals surface area contributed by atoms with Crippen LogP contribution < -0.4 is 4.83 Å². The molecule has 2 rings (SSSR count). The van der Waals surface area contributed by atoms with Crippen molar-refractivity contribution < 1.29 is 18.6 Å². The van der Waals surface area contributed by atoms with Crippen LogP contribution in [0.4, 0.5) is 0 Å². The maximum atomic E-state index is 12.0. The van der Waals surface area contributed by atoms with E-state index >= 15 is 0 Å². The molecule has 0 aromatic heterocycles. The Labute approximate surface area is 136 Å². The molecule has 0 fully saturated rings. The molecule has 6 nitrogen and oxygen atoms in total. The zero-order valence-electron chi connectivity index (χ0n) is 11.5. The Bertz CT molecular complexity index is 820. The van der Waals surface area contributed by atoms with Crippen molar-refractivity contribution in [3.8, 4) is 11.5 Å². The summed E-state index contributed by atoms with van der Waals surface area (Å²) in [6.45, 7) is 1.51. The molecule has 116 valence electrons. The lowest BCUT2D eigenvalue weighted by atomic mass is 10.1. The molecule has 8 heteroatoms. The number of sulfonamides is 1. The topological polar surface area (TPSA) is 99.0 Å². The zero-order valence-corrected chi connectivity index (χ0v) is 13.9. The zero-order chi connectivity index (χ0) is 16.3. The molecule has 0 saturated heterocycles. The fourth-order valence-corrected chi connectivity index (χ4v) is 3.03. The summed E-state index contributed by atoms with van der Waals surface area (Å²) in [7, 11) is -3.79. The number of hydrogen-bond donors (Lipinski definition) is 3. The van der Waals surface area contributed by atoms with Gasteiger partial charge < -0.3 is 10.2 Å². The first-order chi connectivity index (χ1) is 10.3. The molecule has 0 saturated carbocycles. The van der Waals surface area contributed by atoms with Crippen molar-refractivity contribution in [2.24, 2.45) is 5.10 Å². The Kier molecular flexibility index (Phi) is 4.72. The number of phenols is 2. The molecule has 0 aliphatic rings. The predicted octanol–water partition coefficient (Wildman–Crippen LogP) is 2.56. The summed E-state index contributed by atoms with van der Waals surface area (Å²) in [6, 6.07) is 10.4. The monoisotopic (exact) mass is 384 g/mol. The Balaban J connectivity index is 2.31. The molecule has 3 N–H and O–H groups in total. The number of rotatable bonds is 4. The third-order valence-corrected chi connectivity index (χ3v) is 4.65. The van der Waals surface area contributed by atoms with Gasteiger partial charge in [-0.3, -0.25) is 0 Å². The summed E-state index contributed by atoms with van der Waals surface area (Å²) >= 11 is 3.09. The molecular formula is C14H13BrN2O4S. The summed E-state index contributed by atoms with van der Waals surface area (Å²) in [4.78, 5) is 2.17. The van der Waals surface area contributed by atoms with Crippen LogP contribution in [0.1, 0.15) is 12.5 Å². The van der Waals surface area contributed by atoms with Crippen LogP contribution in [0.3, 0.4) is 0 Å². The number of nitrogens with one attached hydrogen (secondary N) is 1. The third kappa shape index (κ3) is 3.58. The van der Waals surface area contributed by atoms with Crippen molar-refractivity contribution in [3.05, 3.63) is 52.5 Å². The molecule has 2 aromatic rings. The Morgan fingerprint density at radius 2 is 1.82 bits per heavy atom. The van der Waals surface area contributed by atoms with Gasteiger partial charge in [-0.1, -0.05) is 18.2 Å². The van der Waals surface area contributed by atoms with E-state index in [0.717, 1.165) is 0 Å². The number of halogens is 1. The van der Waals surface area contributed by atoms with E-state index in [1.54, 1.807) is 18.2 Å². The fraction of sp³-hybridized carbons (Fsp3) is 0.0714. The number of aromatic hydroxyl groups is 2. The average molecular weight is 385 g/mol. The molecule has 0 heterocycles. The van der Waals surface area contributed by atoms with E-state index < -0.39 is 10.0 Å². The maximum Gasteiger partial charge on any atom is 0.276 e. The predicted molar refractivity (Wildman–Crippen MR) is 86.4 cm³/mol. The van der Waals surface area contributed by atoms with Crippen LogP contribution in [0.2, 0.25) is 0 Å². The third-order valence-electron chi connectivity index (χ3n) is 2.82. The summed E-state index contributed by atoms with van der Waals surface area (Å²) in [5, 5.41) is 23.2. The van der Waals surface area contributed by atoms with Crippen molar-refractivity contribution in [1.29, 1.82) is 0 Å². The van der Waals surface area contributed by atoms with E-state index in [1.807, 2.05) is 0 Å². The maximum absolute atomic E-state index is 12.0. The lowest BCUT2D eigenvalue weighted by Gasteiger charge is -2.08. The number of nitrogens with zero attached hydrogens (tertiary/aromatic N) is 1. The van der Waals surface area contributed by atoms with E-state index in [9.17, 15) is 18.6 Å². The van der Waals surface area contributed by atoms with Crippen LogP contribution in [-0.2, 0) is 10.0 Å². The number of hydrazone groups is 1. The van der Waals surface area contributed by atoms with Gasteiger partial charge >= 0.3 is 0 Å². The molecule has 0 unspecified atom stereocenters. The largest absolute Gasteiger partial charge is 0.508 e. The van der Waals surface area contributed by atoms with Crippen molar-refractivity contribution >= 4 is 31.7 Å². The molecular weight excluding hydrogens is 372 g/mol. The number of benzene rings is 2. The second-order valence-corrected chi connectivity index (χ2v) is 6.94. The van der Waals surface area contributed by atoms with Gasteiger partial charge in [-0.15, -0.1) is 0 Å². The average Bonchev–Trinajstić information content (AvgIpc) is 2.49. The Morgan fingerprint density at radius 1 is 1.18 bits per heavy atom. The number of hydrogen-bond acceptors (Lipinski definition) is 5. The van der Waals surface area contributed by atoms with Gasteiger partial charge in [0, 0.05) is 5.56 Å². The quantitative estimate of drug-likeness (QED) is 0.428. The normalized spacial score (nSPS) is 12.2. The highest BCUT2D eigenvalue weighted by atomic mass is 79.9. The molecule has 0 radical (unpaired) electrons. The molecule has 0 aliphatic carbocycles. The minimum Gasteiger partial charge on any atom is -0.508 e. The highest BCUT2D eigenvalue weighted by Gasteiger charge is 2.14. The van der Waals surface area contributed by atoms with Gasteiger partial charge in [0.1, 0.15) is 11.5 Å². The summed E-state index contributed by atoms with van der Waals surface area (Å²) in [6.07, 6.45) is 0. The van der Waals surface area contributed by atoms with Gasteiger partial charge in [-0.2, -0.15) is 18.4 Å². The first kappa shape index (κ1) is 16.3. The first-order valence-corrected chi connectivity index (χ1v) is 8.42. The number of phenolic OH excluding ortho intramolecular Hbond substituents is 2. The first-order valence-electron chi connectivity index (χ1n) is 6.14. The SMILES string of the molecule is C/C(=N\NS(=O)(=O)c1ccccc1)c1cc(O)cc(Br)c1O. The minimum atomic E-state index is -3.79. The summed E-state index contributed by atoms with van der Waals surface area (Å²) < 4.78 is 24.4. The van der Waals surface area contributed by atoms with Gasteiger partial charge in [0.15, 0.2) is 0 Å². The van der Waals surface area contributed by atoms with Crippen molar-refractivity contribution in [1.82, 2.24) is 4.83 Å². The molecule has 22 heavy (non-hydrogen) atoms. The van der Waals surface area contributed by atoms with Crippen molar-refractivity contribution in [2.45, 2.75) is 11.8 Å². The lowest BCUT2D eigenvalue weighted by molar-refractivity contribution is 0.456. The van der Waals surface area contributed by atoms with Gasteiger partial charge in [0.2, 0.25) is 0 Å². The molecule has 0 bridgehead atoms. The molecule has 0 aliphatic heterocycles. The minimum absolute atomic E-state index is 0.0767. The van der Waals surface area contributed by atoms with E-state index in [0.29, 0.717) is 0 Å². The molecule has 0 spiro atoms. The standard InChI is InChI=1S/C14H13BrN2O4S/c1-9(12-7-10(18)8-13(15)14(12)19)16-17-22(20,21)11-5-3-2-4-6-11/h2-8,17-19H,1H3/b16-9+. The van der Waals surface area contributed by atoms with Crippen molar-refractivity contribution in [2.75, 3.05) is 0 Å². The smallest absolute Gasteiger partial charge is 0.276 e. The highest BCUT2D eigenvalue weighted by Crippen LogP contribution is 2.32. The van der Waals surface area contributed by atoms with Crippen molar-refractivity contribution in [3.63, 3.8) is 0 Å². The summed E-state index contributed by atoms with van der Waals surface area (Å²) in [5.41, 5.74) is 0.413. The van der Waals surface area contributed by atoms with E-state index in [-0.39, 0.29) is 32.1 Å². The Morgan fingerprint density at radius 3 is 2.45 bits per heavy atom. The van der Waals surface area contributed by atoms with E-state index in [1.165, 1.54) is 31.2 Å². The van der Waals surface area contributed by atoms with Gasteiger partial charge in [0.05, 0.1) is 15.1 Å². The second kappa shape index (κ2) is 6.37. The molecule has 2 aromatic carbocycles. The Hall–Kier alpha value is -2.06. The lowest BCUT2D eigenvalue weighted by Crippen LogP contribution is -2.19. The highest BCUT2D eigenvalue weighted by molar-refractivity contribution is 9.10. The van der Waals surface area contributed by atoms with Gasteiger partial charge in [-0.25, -0.2) is 0 Å². The van der Waals surface area contributed by atoms with Crippen LogP contribution >= 0.6 is 15.9 Å². The fourth-order valence-electron chi connectivity index (χ4n) is 1.70. The van der Waals surface area contributed by atoms with E-state index in [4.69, 9.17) is 0 Å².